The summed E-state index contributed by atoms with van der Waals surface area (Å²) in [5.41, 5.74) is 1.80. The normalized spacial score (nSPS) is 20.6. The maximum absolute atomic E-state index is 12.6. The molecule has 0 bridgehead atoms. The molecule has 1 aromatic carbocycles. The molecule has 118 valence electrons. The fourth-order valence-corrected chi connectivity index (χ4v) is 4.29. The lowest BCUT2D eigenvalue weighted by Crippen LogP contribution is -2.38. The predicted molar refractivity (Wildman–Crippen MR) is 82.7 cm³/mol. The van der Waals surface area contributed by atoms with Gasteiger partial charge in [-0.2, -0.15) is 0 Å². The Bertz CT molecular complexity index is 581. The molecule has 5 nitrogen and oxygen atoms in total. The van der Waals surface area contributed by atoms with Crippen molar-refractivity contribution < 1.29 is 13.2 Å². The van der Waals surface area contributed by atoms with E-state index < -0.39 is 10.0 Å². The number of hydrogen-bond donors (Lipinski definition) is 2. The Labute approximate surface area is 127 Å². The number of hydrogen-bond acceptors (Lipinski definition) is 4. The third-order valence-electron chi connectivity index (χ3n) is 4.07. The summed E-state index contributed by atoms with van der Waals surface area (Å²) in [4.78, 5) is 0.362. The van der Waals surface area contributed by atoms with Gasteiger partial charge in [-0.15, -0.1) is 0 Å². The van der Waals surface area contributed by atoms with Crippen LogP contribution in [0.15, 0.2) is 23.1 Å². The van der Waals surface area contributed by atoms with Crippen LogP contribution in [0.1, 0.15) is 24.5 Å². The summed E-state index contributed by atoms with van der Waals surface area (Å²) in [6, 6.07) is 5.27. The van der Waals surface area contributed by atoms with E-state index in [4.69, 9.17) is 4.74 Å². The smallest absolute Gasteiger partial charge is 0.241 e. The Hall–Kier alpha value is -0.950. The summed E-state index contributed by atoms with van der Waals surface area (Å²) in [5, 5.41) is 3.06. The molecule has 0 amide bonds. The van der Waals surface area contributed by atoms with E-state index >= 15 is 0 Å². The predicted octanol–water partition coefficient (Wildman–Crippen LogP) is 1.42. The molecular formula is C15H24N2O3S. The van der Waals surface area contributed by atoms with Crippen molar-refractivity contribution in [3.63, 3.8) is 0 Å². The first-order valence-corrected chi connectivity index (χ1v) is 8.77. The van der Waals surface area contributed by atoms with E-state index in [0.29, 0.717) is 24.7 Å². The molecule has 1 aliphatic heterocycles. The molecule has 6 heteroatoms. The second-order valence-electron chi connectivity index (χ2n) is 5.60. The summed E-state index contributed by atoms with van der Waals surface area (Å²) in [7, 11) is -1.65. The van der Waals surface area contributed by atoms with Gasteiger partial charge in [-0.05, 0) is 44.5 Å². The van der Waals surface area contributed by atoms with Crippen molar-refractivity contribution in [2.24, 2.45) is 5.92 Å². The van der Waals surface area contributed by atoms with Gasteiger partial charge in [-0.25, -0.2) is 13.1 Å². The van der Waals surface area contributed by atoms with Crippen LogP contribution in [0.25, 0.3) is 0 Å². The summed E-state index contributed by atoms with van der Waals surface area (Å²) >= 11 is 0. The van der Waals surface area contributed by atoms with Crippen LogP contribution < -0.4 is 10.0 Å². The average molecular weight is 312 g/mol. The van der Waals surface area contributed by atoms with Gasteiger partial charge in [0.15, 0.2) is 0 Å². The summed E-state index contributed by atoms with van der Waals surface area (Å²) in [5.74, 6) is 0.251. The molecule has 0 saturated carbocycles. The number of nitrogens with one attached hydrogen (secondary N) is 2. The second-order valence-corrected chi connectivity index (χ2v) is 7.29. The lowest BCUT2D eigenvalue weighted by Gasteiger charge is -2.20. The van der Waals surface area contributed by atoms with E-state index in [2.05, 4.69) is 10.0 Å². The van der Waals surface area contributed by atoms with Crippen LogP contribution in [-0.4, -0.2) is 34.7 Å². The van der Waals surface area contributed by atoms with E-state index in [0.717, 1.165) is 17.5 Å². The number of ether oxygens (including phenoxy) is 1. The highest BCUT2D eigenvalue weighted by molar-refractivity contribution is 7.89. The van der Waals surface area contributed by atoms with Crippen LogP contribution in [0.2, 0.25) is 0 Å². The van der Waals surface area contributed by atoms with Gasteiger partial charge in [0, 0.05) is 25.1 Å². The van der Waals surface area contributed by atoms with Crippen molar-refractivity contribution in [3.05, 3.63) is 29.3 Å². The van der Waals surface area contributed by atoms with Gasteiger partial charge in [0.25, 0.3) is 0 Å². The lowest BCUT2D eigenvalue weighted by molar-refractivity contribution is 0.180. The largest absolute Gasteiger partial charge is 0.381 e. The van der Waals surface area contributed by atoms with E-state index in [1.807, 2.05) is 27.0 Å². The highest BCUT2D eigenvalue weighted by Gasteiger charge is 2.27. The molecule has 0 aromatic heterocycles. The quantitative estimate of drug-likeness (QED) is 0.833. The van der Waals surface area contributed by atoms with Gasteiger partial charge in [-0.1, -0.05) is 12.1 Å². The molecular weight excluding hydrogens is 288 g/mol. The van der Waals surface area contributed by atoms with E-state index in [-0.39, 0.29) is 12.0 Å². The molecule has 1 aliphatic rings. The Kier molecular flexibility index (Phi) is 5.37. The monoisotopic (exact) mass is 312 g/mol. The highest BCUT2D eigenvalue weighted by atomic mass is 32.2. The van der Waals surface area contributed by atoms with Gasteiger partial charge < -0.3 is 10.1 Å². The zero-order valence-corrected chi connectivity index (χ0v) is 13.7. The van der Waals surface area contributed by atoms with Gasteiger partial charge in [0.1, 0.15) is 0 Å². The first-order valence-electron chi connectivity index (χ1n) is 7.29. The van der Waals surface area contributed by atoms with Crippen molar-refractivity contribution >= 4 is 10.0 Å². The Morgan fingerprint density at radius 1 is 1.43 bits per heavy atom. The van der Waals surface area contributed by atoms with Gasteiger partial charge in [-0.3, -0.25) is 0 Å². The molecule has 21 heavy (non-hydrogen) atoms. The van der Waals surface area contributed by atoms with Crippen molar-refractivity contribution in [2.45, 2.75) is 37.8 Å². The van der Waals surface area contributed by atoms with Gasteiger partial charge >= 0.3 is 0 Å². The van der Waals surface area contributed by atoms with Crippen molar-refractivity contribution in [3.8, 4) is 0 Å². The minimum Gasteiger partial charge on any atom is -0.381 e. The number of benzene rings is 1. The molecule has 0 radical (unpaired) electrons. The molecule has 0 aliphatic carbocycles. The number of rotatable bonds is 6. The van der Waals surface area contributed by atoms with Crippen LogP contribution in [0.5, 0.6) is 0 Å². The second kappa shape index (κ2) is 6.87. The van der Waals surface area contributed by atoms with Crippen molar-refractivity contribution in [2.75, 3.05) is 20.3 Å². The summed E-state index contributed by atoms with van der Waals surface area (Å²) in [6.45, 7) is 5.76. The van der Waals surface area contributed by atoms with Crippen molar-refractivity contribution in [1.29, 1.82) is 0 Å². The molecule has 1 saturated heterocycles. The maximum atomic E-state index is 12.6. The summed E-state index contributed by atoms with van der Waals surface area (Å²) < 4.78 is 33.3. The summed E-state index contributed by atoms with van der Waals surface area (Å²) in [6.07, 6.45) is 0.905. The molecule has 2 atom stereocenters. The topological polar surface area (TPSA) is 67.4 Å². The lowest BCUT2D eigenvalue weighted by atomic mass is 10.0. The fraction of sp³-hybridized carbons (Fsp3) is 0.600. The molecule has 2 unspecified atom stereocenters. The van der Waals surface area contributed by atoms with E-state index in [1.165, 1.54) is 0 Å². The maximum Gasteiger partial charge on any atom is 0.241 e. The minimum atomic E-state index is -3.50. The average Bonchev–Trinajstić information content (AvgIpc) is 2.94. The minimum absolute atomic E-state index is 0.121. The molecule has 2 N–H and O–H groups in total. The molecule has 1 fully saturated rings. The van der Waals surface area contributed by atoms with E-state index in [1.54, 1.807) is 12.1 Å². The van der Waals surface area contributed by atoms with Gasteiger partial charge in [0.2, 0.25) is 10.0 Å². The van der Waals surface area contributed by atoms with Crippen LogP contribution in [-0.2, 0) is 21.3 Å². The van der Waals surface area contributed by atoms with Crippen LogP contribution >= 0.6 is 0 Å². The standard InChI is InChI=1S/C15H24N2O3S/c1-11-13(9-16-3)5-4-6-15(11)21(18,19)17-12(2)14-7-8-20-10-14/h4-6,12,14,16-17H,7-10H2,1-3H3. The number of sulfonamides is 1. The molecule has 1 heterocycles. The highest BCUT2D eigenvalue weighted by Crippen LogP contribution is 2.22. The Morgan fingerprint density at radius 2 is 2.19 bits per heavy atom. The third kappa shape index (κ3) is 3.83. The Balaban J connectivity index is 2.20. The van der Waals surface area contributed by atoms with Crippen LogP contribution in [0.4, 0.5) is 0 Å². The Morgan fingerprint density at radius 3 is 2.81 bits per heavy atom. The zero-order valence-electron chi connectivity index (χ0n) is 12.8. The van der Waals surface area contributed by atoms with E-state index in [9.17, 15) is 8.42 Å². The van der Waals surface area contributed by atoms with Crippen LogP contribution in [0.3, 0.4) is 0 Å². The first kappa shape index (κ1) is 16.4. The van der Waals surface area contributed by atoms with Crippen LogP contribution in [0, 0.1) is 12.8 Å². The third-order valence-corrected chi connectivity index (χ3v) is 5.77. The first-order chi connectivity index (χ1) is 9.95. The molecule has 1 aromatic rings. The van der Waals surface area contributed by atoms with Crippen molar-refractivity contribution in [1.82, 2.24) is 10.0 Å². The SMILES string of the molecule is CNCc1cccc(S(=O)(=O)NC(C)C2CCOC2)c1C. The molecule has 2 rings (SSSR count). The fourth-order valence-electron chi connectivity index (χ4n) is 2.68. The zero-order chi connectivity index (χ0) is 15.5. The van der Waals surface area contributed by atoms with Gasteiger partial charge in [0.05, 0.1) is 11.5 Å². The molecule has 0 spiro atoms.